The summed E-state index contributed by atoms with van der Waals surface area (Å²) >= 11 is 1.69. The van der Waals surface area contributed by atoms with E-state index in [-0.39, 0.29) is 0 Å². The molecule has 3 heteroatoms. The normalized spacial score (nSPS) is 9.77. The van der Waals surface area contributed by atoms with Crippen LogP contribution in [0.3, 0.4) is 0 Å². The second-order valence-electron chi connectivity index (χ2n) is 2.76. The molecule has 1 heterocycles. The van der Waals surface area contributed by atoms with E-state index in [9.17, 15) is 0 Å². The first-order valence-electron chi connectivity index (χ1n) is 4.46. The molecule has 1 rings (SSSR count). The highest BCUT2D eigenvalue weighted by Gasteiger charge is 1.93. The van der Waals surface area contributed by atoms with Crippen LogP contribution in [0.15, 0.2) is 11.6 Å². The number of hydrogen-bond donors (Lipinski definition) is 1. The summed E-state index contributed by atoms with van der Waals surface area (Å²) in [7, 11) is 0. The average molecular weight is 194 g/mol. The molecule has 70 valence electrons. The minimum atomic E-state index is 0.883. The van der Waals surface area contributed by atoms with Gasteiger partial charge in [-0.1, -0.05) is 0 Å². The fourth-order valence-corrected chi connectivity index (χ4v) is 1.60. The molecule has 1 N–H and O–H groups in total. The SMILES string of the molecule is C#CCCCCNCc1nccs1. The molecule has 0 atom stereocenters. The van der Waals surface area contributed by atoms with Gasteiger partial charge in [0.05, 0.1) is 0 Å². The summed E-state index contributed by atoms with van der Waals surface area (Å²) < 4.78 is 0. The van der Waals surface area contributed by atoms with Gasteiger partial charge < -0.3 is 5.32 Å². The quantitative estimate of drug-likeness (QED) is 0.553. The first-order valence-corrected chi connectivity index (χ1v) is 5.34. The van der Waals surface area contributed by atoms with E-state index in [4.69, 9.17) is 6.42 Å². The first kappa shape index (κ1) is 10.2. The van der Waals surface area contributed by atoms with Gasteiger partial charge in [0.1, 0.15) is 5.01 Å². The highest BCUT2D eigenvalue weighted by Crippen LogP contribution is 2.02. The van der Waals surface area contributed by atoms with Crippen molar-refractivity contribution in [1.29, 1.82) is 0 Å². The van der Waals surface area contributed by atoms with Gasteiger partial charge in [0.25, 0.3) is 0 Å². The third kappa shape index (κ3) is 4.66. The lowest BCUT2D eigenvalue weighted by atomic mass is 10.2. The molecule has 0 saturated carbocycles. The van der Waals surface area contributed by atoms with Crippen LogP contribution in [0.4, 0.5) is 0 Å². The van der Waals surface area contributed by atoms with E-state index in [2.05, 4.69) is 16.2 Å². The Morgan fingerprint density at radius 3 is 3.15 bits per heavy atom. The number of hydrogen-bond acceptors (Lipinski definition) is 3. The zero-order valence-corrected chi connectivity index (χ0v) is 8.44. The number of terminal acetylenes is 1. The van der Waals surface area contributed by atoms with Gasteiger partial charge in [-0.05, 0) is 19.4 Å². The Labute approximate surface area is 83.4 Å². The van der Waals surface area contributed by atoms with Crippen molar-refractivity contribution < 1.29 is 0 Å². The molecule has 0 unspecified atom stereocenters. The second-order valence-corrected chi connectivity index (χ2v) is 3.74. The van der Waals surface area contributed by atoms with Crippen LogP contribution < -0.4 is 5.32 Å². The average Bonchev–Trinajstić information content (AvgIpc) is 2.63. The minimum Gasteiger partial charge on any atom is -0.310 e. The van der Waals surface area contributed by atoms with Crippen LogP contribution in [-0.4, -0.2) is 11.5 Å². The van der Waals surface area contributed by atoms with Crippen LogP contribution in [0.25, 0.3) is 0 Å². The van der Waals surface area contributed by atoms with Crippen LogP contribution in [-0.2, 0) is 6.54 Å². The third-order valence-electron chi connectivity index (χ3n) is 1.68. The van der Waals surface area contributed by atoms with E-state index in [1.165, 1.54) is 0 Å². The number of aromatic nitrogens is 1. The molecule has 0 bridgehead atoms. The van der Waals surface area contributed by atoms with Gasteiger partial charge in [-0.25, -0.2) is 4.98 Å². The third-order valence-corrected chi connectivity index (χ3v) is 2.46. The lowest BCUT2D eigenvalue weighted by Gasteiger charge is -2.00. The van der Waals surface area contributed by atoms with Gasteiger partial charge in [-0.15, -0.1) is 23.7 Å². The Morgan fingerprint density at radius 2 is 2.46 bits per heavy atom. The summed E-state index contributed by atoms with van der Waals surface area (Å²) in [6, 6.07) is 0. The Bertz CT molecular complexity index is 248. The molecule has 2 nitrogen and oxygen atoms in total. The van der Waals surface area contributed by atoms with Gasteiger partial charge in [-0.3, -0.25) is 0 Å². The summed E-state index contributed by atoms with van der Waals surface area (Å²) in [5.41, 5.74) is 0. The maximum absolute atomic E-state index is 5.14. The zero-order chi connectivity index (χ0) is 9.36. The van der Waals surface area contributed by atoms with E-state index in [1.54, 1.807) is 11.3 Å². The number of unbranched alkanes of at least 4 members (excludes halogenated alkanes) is 2. The number of rotatable bonds is 6. The predicted molar refractivity (Wildman–Crippen MR) is 56.5 cm³/mol. The van der Waals surface area contributed by atoms with Crippen molar-refractivity contribution in [2.24, 2.45) is 0 Å². The Kier molecular flexibility index (Phi) is 5.23. The highest BCUT2D eigenvalue weighted by atomic mass is 32.1. The Balaban J connectivity index is 1.94. The number of nitrogens with one attached hydrogen (secondary N) is 1. The van der Waals surface area contributed by atoms with E-state index in [0.29, 0.717) is 0 Å². The van der Waals surface area contributed by atoms with E-state index < -0.39 is 0 Å². The van der Waals surface area contributed by atoms with Crippen LogP contribution in [0.5, 0.6) is 0 Å². The summed E-state index contributed by atoms with van der Waals surface area (Å²) in [5, 5.41) is 6.47. The fourth-order valence-electron chi connectivity index (χ4n) is 1.01. The molecule has 0 spiro atoms. The van der Waals surface area contributed by atoms with Crippen LogP contribution in [0.2, 0.25) is 0 Å². The van der Waals surface area contributed by atoms with Gasteiger partial charge in [0.15, 0.2) is 0 Å². The Morgan fingerprint density at radius 1 is 1.54 bits per heavy atom. The molecule has 13 heavy (non-hydrogen) atoms. The highest BCUT2D eigenvalue weighted by molar-refractivity contribution is 7.09. The maximum Gasteiger partial charge on any atom is 0.106 e. The van der Waals surface area contributed by atoms with Crippen LogP contribution >= 0.6 is 11.3 Å². The zero-order valence-electron chi connectivity index (χ0n) is 7.62. The van der Waals surface area contributed by atoms with Crippen molar-refractivity contribution in [1.82, 2.24) is 10.3 Å². The minimum absolute atomic E-state index is 0.883. The molecule has 0 aromatic carbocycles. The summed E-state index contributed by atoms with van der Waals surface area (Å²) in [6.07, 6.45) is 10.1. The van der Waals surface area contributed by atoms with Crippen LogP contribution in [0, 0.1) is 12.3 Å². The smallest absolute Gasteiger partial charge is 0.106 e. The van der Waals surface area contributed by atoms with Gasteiger partial charge in [-0.2, -0.15) is 0 Å². The van der Waals surface area contributed by atoms with Gasteiger partial charge >= 0.3 is 0 Å². The van der Waals surface area contributed by atoms with E-state index >= 15 is 0 Å². The second kappa shape index (κ2) is 6.64. The lowest BCUT2D eigenvalue weighted by Crippen LogP contribution is -2.14. The molecule has 0 aliphatic rings. The van der Waals surface area contributed by atoms with Gasteiger partial charge in [0, 0.05) is 24.5 Å². The molecule has 0 radical (unpaired) electrons. The van der Waals surface area contributed by atoms with Gasteiger partial charge in [0.2, 0.25) is 0 Å². The first-order chi connectivity index (χ1) is 6.43. The molecular formula is C10H14N2S. The molecular weight excluding hydrogens is 180 g/mol. The molecule has 0 amide bonds. The monoisotopic (exact) mass is 194 g/mol. The fraction of sp³-hybridized carbons (Fsp3) is 0.500. The topological polar surface area (TPSA) is 24.9 Å². The van der Waals surface area contributed by atoms with Crippen LogP contribution in [0.1, 0.15) is 24.3 Å². The van der Waals surface area contributed by atoms with Crippen molar-refractivity contribution >= 4 is 11.3 Å². The standard InChI is InChI=1S/C10H14N2S/c1-2-3-4-5-6-11-9-10-12-7-8-13-10/h1,7-8,11H,3-6,9H2. The number of thiazole rings is 1. The largest absolute Gasteiger partial charge is 0.310 e. The molecule has 1 aromatic rings. The molecule has 0 fully saturated rings. The van der Waals surface area contributed by atoms with E-state index in [0.717, 1.165) is 37.4 Å². The number of nitrogens with zero attached hydrogens (tertiary/aromatic N) is 1. The lowest BCUT2D eigenvalue weighted by molar-refractivity contribution is 0.628. The van der Waals surface area contributed by atoms with Crippen molar-refractivity contribution in [3.8, 4) is 12.3 Å². The maximum atomic E-state index is 5.14. The summed E-state index contributed by atoms with van der Waals surface area (Å²) in [6.45, 7) is 1.91. The summed E-state index contributed by atoms with van der Waals surface area (Å²) in [5.74, 6) is 2.63. The van der Waals surface area contributed by atoms with Crippen molar-refractivity contribution in [2.45, 2.75) is 25.8 Å². The van der Waals surface area contributed by atoms with Crippen molar-refractivity contribution in [3.05, 3.63) is 16.6 Å². The predicted octanol–water partition coefficient (Wildman–Crippen LogP) is 2.04. The van der Waals surface area contributed by atoms with E-state index in [1.807, 2.05) is 11.6 Å². The Hall–Kier alpha value is -0.850. The molecule has 1 aromatic heterocycles. The molecule has 0 saturated heterocycles. The molecule has 0 aliphatic heterocycles. The summed E-state index contributed by atoms with van der Waals surface area (Å²) in [4.78, 5) is 4.17. The van der Waals surface area contributed by atoms with Crippen molar-refractivity contribution in [2.75, 3.05) is 6.54 Å². The van der Waals surface area contributed by atoms with Crippen molar-refractivity contribution in [3.63, 3.8) is 0 Å². The molecule has 0 aliphatic carbocycles.